The summed E-state index contributed by atoms with van der Waals surface area (Å²) in [5.74, 6) is 0.450. The summed E-state index contributed by atoms with van der Waals surface area (Å²) in [5.41, 5.74) is 5.86. The summed E-state index contributed by atoms with van der Waals surface area (Å²) in [6.07, 6.45) is 0. The molecule has 0 unspecified atom stereocenters. The van der Waals surface area contributed by atoms with Gasteiger partial charge in [-0.3, -0.25) is 0 Å². The number of H-pyrrole nitrogens is 1. The number of nitrogens with two attached hydrogens (primary N) is 1. The van der Waals surface area contributed by atoms with E-state index in [0.29, 0.717) is 5.69 Å². The second-order valence-electron chi connectivity index (χ2n) is 3.11. The van der Waals surface area contributed by atoms with Gasteiger partial charge < -0.3 is 11.1 Å². The normalized spacial score (nSPS) is 10.2. The fourth-order valence-corrected chi connectivity index (χ4v) is 1.45. The van der Waals surface area contributed by atoms with E-state index < -0.39 is 0 Å². The van der Waals surface area contributed by atoms with Crippen LogP contribution in [0.25, 0.3) is 0 Å². The molecule has 1 aromatic heterocycles. The number of nitrogens with one attached hydrogen (secondary N) is 2. The Kier molecular flexibility index (Phi) is 2.79. The molecule has 5 N–H and O–H groups in total. The van der Waals surface area contributed by atoms with Crippen molar-refractivity contribution in [3.8, 4) is 0 Å². The summed E-state index contributed by atoms with van der Waals surface area (Å²) in [7, 11) is 0. The SMILES string of the molecule is Nc1nc(Nc2ccc([N+](=O)O)c(Cl)c2)n[nH]1. The highest BCUT2D eigenvalue weighted by atomic mass is 35.5. The first-order valence-electron chi connectivity index (χ1n) is 4.47. The summed E-state index contributed by atoms with van der Waals surface area (Å²) < 4.78 is 0. The lowest BCUT2D eigenvalue weighted by Gasteiger charge is -2.00. The number of rotatable bonds is 3. The van der Waals surface area contributed by atoms with Crippen LogP contribution in [0.4, 0.5) is 23.3 Å². The lowest BCUT2D eigenvalue weighted by Crippen LogP contribution is -1.96. The number of aromatic amines is 1. The van der Waals surface area contributed by atoms with E-state index >= 15 is 0 Å². The van der Waals surface area contributed by atoms with E-state index in [1.807, 2.05) is 0 Å². The number of anilines is 3. The van der Waals surface area contributed by atoms with E-state index in [1.54, 1.807) is 0 Å². The van der Waals surface area contributed by atoms with Crippen LogP contribution in [0.1, 0.15) is 0 Å². The highest BCUT2D eigenvalue weighted by Crippen LogP contribution is 2.27. The largest absolute Gasteiger partial charge is 0.368 e. The van der Waals surface area contributed by atoms with E-state index in [1.165, 1.54) is 18.2 Å². The molecule has 9 heteroatoms. The molecule has 1 aromatic carbocycles. The van der Waals surface area contributed by atoms with Crippen LogP contribution in [0.15, 0.2) is 18.2 Å². The summed E-state index contributed by atoms with van der Waals surface area (Å²) in [5, 5.41) is 17.8. The summed E-state index contributed by atoms with van der Waals surface area (Å²) in [4.78, 5) is 14.2. The second kappa shape index (κ2) is 4.26. The maximum absolute atomic E-state index is 10.7. The smallest absolute Gasteiger partial charge is 0.335 e. The molecule has 0 aliphatic rings. The Labute approximate surface area is 100.0 Å². The molecule has 2 aromatic rings. The van der Waals surface area contributed by atoms with E-state index in [-0.39, 0.29) is 27.5 Å². The van der Waals surface area contributed by atoms with Crippen molar-refractivity contribution < 1.29 is 10.1 Å². The molecule has 0 fully saturated rings. The minimum absolute atomic E-state index is 0.0493. The van der Waals surface area contributed by atoms with E-state index in [4.69, 9.17) is 22.5 Å². The van der Waals surface area contributed by atoms with Crippen LogP contribution in [0.5, 0.6) is 0 Å². The van der Waals surface area contributed by atoms with E-state index in [0.717, 1.165) is 0 Å². The molecule has 0 aliphatic heterocycles. The molecule has 88 valence electrons. The van der Waals surface area contributed by atoms with Crippen molar-refractivity contribution in [1.82, 2.24) is 15.2 Å². The summed E-state index contributed by atoms with van der Waals surface area (Å²) >= 11 is 5.78. The number of aromatic nitrogens is 3. The van der Waals surface area contributed by atoms with Crippen molar-refractivity contribution in [2.75, 3.05) is 11.1 Å². The quantitative estimate of drug-likeness (QED) is 0.618. The molecule has 8 nitrogen and oxygen atoms in total. The Morgan fingerprint density at radius 3 is 2.82 bits per heavy atom. The third-order valence-electron chi connectivity index (χ3n) is 1.91. The molecule has 0 bridgehead atoms. The zero-order chi connectivity index (χ0) is 12.4. The fraction of sp³-hybridized carbons (Fsp3) is 0. The van der Waals surface area contributed by atoms with Gasteiger partial charge >= 0.3 is 5.69 Å². The van der Waals surface area contributed by atoms with Gasteiger partial charge in [-0.1, -0.05) is 11.6 Å². The average molecular weight is 256 g/mol. The molecule has 0 spiro atoms. The minimum Gasteiger partial charge on any atom is -0.368 e. The van der Waals surface area contributed by atoms with Crippen molar-refractivity contribution in [1.29, 1.82) is 0 Å². The fourth-order valence-electron chi connectivity index (χ4n) is 1.20. The van der Waals surface area contributed by atoms with Crippen LogP contribution in [-0.2, 0) is 0 Å². The first-order valence-corrected chi connectivity index (χ1v) is 4.84. The lowest BCUT2D eigenvalue weighted by atomic mass is 10.3. The van der Waals surface area contributed by atoms with Crippen molar-refractivity contribution in [3.63, 3.8) is 0 Å². The predicted molar refractivity (Wildman–Crippen MR) is 60.6 cm³/mol. The third kappa shape index (κ3) is 2.42. The predicted octanol–water partition coefficient (Wildman–Crippen LogP) is 1.58. The Bertz CT molecular complexity index is 569. The molecular formula is C8H8ClN6O2+. The molecule has 0 saturated carbocycles. The van der Waals surface area contributed by atoms with Gasteiger partial charge in [0, 0.05) is 11.8 Å². The molecule has 0 aliphatic carbocycles. The van der Waals surface area contributed by atoms with Crippen LogP contribution >= 0.6 is 11.6 Å². The first kappa shape index (κ1) is 11.1. The summed E-state index contributed by atoms with van der Waals surface area (Å²) in [6, 6.07) is 4.34. The molecule has 0 saturated heterocycles. The highest BCUT2D eigenvalue weighted by Gasteiger charge is 2.17. The number of nitrogen functional groups attached to an aromatic ring is 1. The summed E-state index contributed by atoms with van der Waals surface area (Å²) in [6.45, 7) is 0. The third-order valence-corrected chi connectivity index (χ3v) is 2.22. The minimum atomic E-state index is -0.309. The van der Waals surface area contributed by atoms with Crippen LogP contribution in [-0.4, -0.2) is 25.3 Å². The van der Waals surface area contributed by atoms with Gasteiger partial charge in [0.1, 0.15) is 5.02 Å². The van der Waals surface area contributed by atoms with E-state index in [9.17, 15) is 4.91 Å². The highest BCUT2D eigenvalue weighted by molar-refractivity contribution is 6.32. The van der Waals surface area contributed by atoms with Crippen LogP contribution in [0.3, 0.4) is 0 Å². The molecule has 0 radical (unpaired) electrons. The van der Waals surface area contributed by atoms with Gasteiger partial charge in [0.05, 0.1) is 4.91 Å². The van der Waals surface area contributed by atoms with Gasteiger partial charge in [-0.15, -0.1) is 5.10 Å². The van der Waals surface area contributed by atoms with Crippen molar-refractivity contribution in [2.45, 2.75) is 0 Å². The Morgan fingerprint density at radius 2 is 2.29 bits per heavy atom. The van der Waals surface area contributed by atoms with Gasteiger partial charge in [0.25, 0.3) is 4.92 Å². The molecule has 0 amide bonds. The molecule has 17 heavy (non-hydrogen) atoms. The van der Waals surface area contributed by atoms with Gasteiger partial charge in [-0.25, -0.2) is 10.3 Å². The van der Waals surface area contributed by atoms with Crippen molar-refractivity contribution >= 4 is 34.9 Å². The number of benzene rings is 1. The second-order valence-corrected chi connectivity index (χ2v) is 3.52. The van der Waals surface area contributed by atoms with Gasteiger partial charge in [0.15, 0.2) is 0 Å². The monoisotopic (exact) mass is 255 g/mol. The van der Waals surface area contributed by atoms with Gasteiger partial charge in [0.2, 0.25) is 11.9 Å². The average Bonchev–Trinajstić information content (AvgIpc) is 2.63. The molecular weight excluding hydrogens is 248 g/mol. The lowest BCUT2D eigenvalue weighted by molar-refractivity contribution is -0.729. The Morgan fingerprint density at radius 1 is 1.53 bits per heavy atom. The number of halogens is 1. The zero-order valence-corrected chi connectivity index (χ0v) is 9.14. The number of hydrogen-bond donors (Lipinski definition) is 4. The van der Waals surface area contributed by atoms with Gasteiger partial charge in [-0.2, -0.15) is 4.98 Å². The van der Waals surface area contributed by atoms with Crippen molar-refractivity contribution in [3.05, 3.63) is 28.1 Å². The number of hydrogen-bond acceptors (Lipinski definition) is 5. The topological polar surface area (TPSA) is 120 Å². The maximum Gasteiger partial charge on any atom is 0.335 e. The zero-order valence-electron chi connectivity index (χ0n) is 8.38. The van der Waals surface area contributed by atoms with Crippen LogP contribution < -0.4 is 11.1 Å². The molecule has 1 heterocycles. The number of nitrogens with zero attached hydrogens (tertiary/aromatic N) is 3. The van der Waals surface area contributed by atoms with E-state index in [2.05, 4.69) is 20.5 Å². The van der Waals surface area contributed by atoms with Gasteiger partial charge in [-0.05, 0) is 12.1 Å². The molecule has 0 atom stereocenters. The van der Waals surface area contributed by atoms with Crippen LogP contribution in [0.2, 0.25) is 5.02 Å². The van der Waals surface area contributed by atoms with Crippen LogP contribution in [0, 0.1) is 4.91 Å². The first-order chi connectivity index (χ1) is 8.06. The Balaban J connectivity index is 2.23. The Hall–Kier alpha value is -2.35. The molecule has 2 rings (SSSR count). The van der Waals surface area contributed by atoms with Crippen molar-refractivity contribution in [2.24, 2.45) is 0 Å². The standard InChI is InChI=1S/C8H8ClN6O2/c9-5-3-4(1-2-6(5)15(16)17)11-8-12-7(10)13-14-8/h1-3H,(H,16,17)(H4,10,11,12,13,14)/q+1. The maximum atomic E-state index is 10.7.